The Kier molecular flexibility index (Phi) is 4.23. The molecule has 0 saturated heterocycles. The number of rotatable bonds is 5. The van der Waals surface area contributed by atoms with Crippen molar-refractivity contribution in [3.8, 4) is 11.3 Å². The molecule has 0 bridgehead atoms. The lowest BCUT2D eigenvalue weighted by Gasteiger charge is -2.08. The number of benzene rings is 1. The van der Waals surface area contributed by atoms with Crippen molar-refractivity contribution >= 4 is 5.97 Å². The molecule has 0 spiro atoms. The lowest BCUT2D eigenvalue weighted by molar-refractivity contribution is 0.0689. The van der Waals surface area contributed by atoms with Crippen molar-refractivity contribution < 1.29 is 9.90 Å². The van der Waals surface area contributed by atoms with Gasteiger partial charge in [0.1, 0.15) is 0 Å². The summed E-state index contributed by atoms with van der Waals surface area (Å²) in [5, 5.41) is 13.2. The summed E-state index contributed by atoms with van der Waals surface area (Å²) in [4.78, 5) is 11.1. The fourth-order valence-electron chi connectivity index (χ4n) is 2.17. The number of hydrogen-bond donors (Lipinski definition) is 1. The van der Waals surface area contributed by atoms with E-state index in [1.54, 1.807) is 10.7 Å². The van der Waals surface area contributed by atoms with E-state index in [0.717, 1.165) is 17.7 Å². The van der Waals surface area contributed by atoms with Gasteiger partial charge in [0, 0.05) is 6.54 Å². The normalized spacial score (nSPS) is 11.0. The van der Waals surface area contributed by atoms with Gasteiger partial charge < -0.3 is 5.11 Å². The Labute approximate surface area is 119 Å². The number of aryl methyl sites for hydroxylation is 1. The van der Waals surface area contributed by atoms with Gasteiger partial charge >= 0.3 is 5.97 Å². The second-order valence-corrected chi connectivity index (χ2v) is 5.22. The molecular formula is C16H20N2O2. The Morgan fingerprint density at radius 2 is 1.95 bits per heavy atom. The molecule has 1 N–H and O–H groups in total. The number of carbonyl (C=O) groups is 1. The summed E-state index contributed by atoms with van der Waals surface area (Å²) < 4.78 is 1.77. The van der Waals surface area contributed by atoms with E-state index in [2.05, 4.69) is 31.1 Å². The number of aromatic nitrogens is 2. The zero-order chi connectivity index (χ0) is 14.7. The highest BCUT2D eigenvalue weighted by atomic mass is 16.4. The monoisotopic (exact) mass is 272 g/mol. The van der Waals surface area contributed by atoms with Gasteiger partial charge in [0.25, 0.3) is 0 Å². The summed E-state index contributed by atoms with van der Waals surface area (Å²) in [7, 11) is 0. The molecule has 2 rings (SSSR count). The highest BCUT2D eigenvalue weighted by Gasteiger charge is 2.14. The van der Waals surface area contributed by atoms with Crippen LogP contribution in [0, 0.1) is 0 Å². The topological polar surface area (TPSA) is 55.1 Å². The Hall–Kier alpha value is -2.10. The molecule has 1 aromatic carbocycles. The van der Waals surface area contributed by atoms with Crippen LogP contribution < -0.4 is 0 Å². The van der Waals surface area contributed by atoms with E-state index in [1.165, 1.54) is 5.56 Å². The number of nitrogens with zero attached hydrogens (tertiary/aromatic N) is 2. The van der Waals surface area contributed by atoms with Crippen LogP contribution in [0.3, 0.4) is 0 Å². The van der Waals surface area contributed by atoms with E-state index in [0.29, 0.717) is 12.5 Å². The molecule has 0 atom stereocenters. The van der Waals surface area contributed by atoms with E-state index < -0.39 is 5.97 Å². The van der Waals surface area contributed by atoms with Gasteiger partial charge in [-0.3, -0.25) is 4.68 Å². The van der Waals surface area contributed by atoms with Crippen LogP contribution in [-0.4, -0.2) is 20.9 Å². The van der Waals surface area contributed by atoms with Crippen molar-refractivity contribution in [2.45, 2.75) is 39.7 Å². The molecule has 0 unspecified atom stereocenters. The van der Waals surface area contributed by atoms with Crippen molar-refractivity contribution in [2.24, 2.45) is 0 Å². The van der Waals surface area contributed by atoms with Crippen molar-refractivity contribution in [2.75, 3.05) is 0 Å². The largest absolute Gasteiger partial charge is 0.476 e. The zero-order valence-electron chi connectivity index (χ0n) is 12.1. The minimum atomic E-state index is -0.986. The van der Waals surface area contributed by atoms with Crippen LogP contribution >= 0.6 is 0 Å². The maximum atomic E-state index is 11.1. The van der Waals surface area contributed by atoms with Crippen LogP contribution in [0.1, 0.15) is 49.2 Å². The third-order valence-electron chi connectivity index (χ3n) is 3.31. The van der Waals surface area contributed by atoms with E-state index in [9.17, 15) is 4.79 Å². The Balaban J connectivity index is 2.42. The Morgan fingerprint density at radius 1 is 1.30 bits per heavy atom. The molecular weight excluding hydrogens is 252 g/mol. The number of carboxylic acid groups (broad SMARTS) is 1. The predicted octanol–water partition coefficient (Wildman–Crippen LogP) is 3.78. The Morgan fingerprint density at radius 3 is 2.45 bits per heavy atom. The van der Waals surface area contributed by atoms with Gasteiger partial charge in [-0.05, 0) is 29.5 Å². The first-order chi connectivity index (χ1) is 9.52. The molecule has 0 saturated carbocycles. The first kappa shape index (κ1) is 14.3. The maximum Gasteiger partial charge on any atom is 0.356 e. The third-order valence-corrected chi connectivity index (χ3v) is 3.31. The number of hydrogen-bond acceptors (Lipinski definition) is 2. The second kappa shape index (κ2) is 5.90. The molecule has 0 aliphatic rings. The summed E-state index contributed by atoms with van der Waals surface area (Å²) in [5.41, 5.74) is 3.23. The SMILES string of the molecule is CCCn1nc(C(=O)O)cc1-c1ccc(C(C)C)cc1. The molecule has 1 aromatic heterocycles. The summed E-state index contributed by atoms with van der Waals surface area (Å²) in [6.45, 7) is 7.07. The average Bonchev–Trinajstić information content (AvgIpc) is 2.83. The highest BCUT2D eigenvalue weighted by molar-refractivity contribution is 5.87. The minimum absolute atomic E-state index is 0.0985. The summed E-state index contributed by atoms with van der Waals surface area (Å²) >= 11 is 0. The predicted molar refractivity (Wildman–Crippen MR) is 79.0 cm³/mol. The number of aromatic carboxylic acids is 1. The van der Waals surface area contributed by atoms with Crippen molar-refractivity contribution in [3.63, 3.8) is 0 Å². The first-order valence-electron chi connectivity index (χ1n) is 6.94. The molecule has 0 amide bonds. The quantitative estimate of drug-likeness (QED) is 0.901. The summed E-state index contributed by atoms with van der Waals surface area (Å²) in [6.07, 6.45) is 0.915. The van der Waals surface area contributed by atoms with Gasteiger partial charge in [0.05, 0.1) is 5.69 Å². The average molecular weight is 272 g/mol. The second-order valence-electron chi connectivity index (χ2n) is 5.22. The maximum absolute atomic E-state index is 11.1. The third kappa shape index (κ3) is 2.90. The van der Waals surface area contributed by atoms with E-state index >= 15 is 0 Å². The molecule has 0 aliphatic heterocycles. The molecule has 4 heteroatoms. The minimum Gasteiger partial charge on any atom is -0.476 e. The van der Waals surface area contributed by atoms with Crippen LogP contribution in [0.25, 0.3) is 11.3 Å². The van der Waals surface area contributed by atoms with Crippen LogP contribution in [0.5, 0.6) is 0 Å². The van der Waals surface area contributed by atoms with Gasteiger partial charge in [0.2, 0.25) is 0 Å². The van der Waals surface area contributed by atoms with Crippen molar-refractivity contribution in [1.29, 1.82) is 0 Å². The van der Waals surface area contributed by atoms with Gasteiger partial charge in [-0.25, -0.2) is 4.79 Å². The van der Waals surface area contributed by atoms with Gasteiger partial charge in [0.15, 0.2) is 5.69 Å². The molecule has 0 fully saturated rings. The fraction of sp³-hybridized carbons (Fsp3) is 0.375. The lowest BCUT2D eigenvalue weighted by Crippen LogP contribution is -2.04. The lowest BCUT2D eigenvalue weighted by atomic mass is 10.0. The van der Waals surface area contributed by atoms with Gasteiger partial charge in [-0.15, -0.1) is 0 Å². The van der Waals surface area contributed by atoms with E-state index in [-0.39, 0.29) is 5.69 Å². The smallest absolute Gasteiger partial charge is 0.356 e. The van der Waals surface area contributed by atoms with Crippen LogP contribution in [0.15, 0.2) is 30.3 Å². The van der Waals surface area contributed by atoms with Crippen molar-refractivity contribution in [3.05, 3.63) is 41.6 Å². The molecule has 1 heterocycles. The molecule has 20 heavy (non-hydrogen) atoms. The first-order valence-corrected chi connectivity index (χ1v) is 6.94. The van der Waals surface area contributed by atoms with E-state index in [4.69, 9.17) is 5.11 Å². The van der Waals surface area contributed by atoms with Crippen molar-refractivity contribution in [1.82, 2.24) is 9.78 Å². The highest BCUT2D eigenvalue weighted by Crippen LogP contribution is 2.24. The van der Waals surface area contributed by atoms with Gasteiger partial charge in [-0.1, -0.05) is 45.0 Å². The summed E-state index contributed by atoms with van der Waals surface area (Å²) in [5.74, 6) is -0.501. The van der Waals surface area contributed by atoms with E-state index in [1.807, 2.05) is 19.1 Å². The molecule has 4 nitrogen and oxygen atoms in total. The van der Waals surface area contributed by atoms with Crippen LogP contribution in [0.4, 0.5) is 0 Å². The Bertz CT molecular complexity index is 597. The standard InChI is InChI=1S/C16H20N2O2/c1-4-9-18-15(10-14(17-18)16(19)20)13-7-5-12(6-8-13)11(2)3/h5-8,10-11H,4,9H2,1-3H3,(H,19,20). The van der Waals surface area contributed by atoms with Gasteiger partial charge in [-0.2, -0.15) is 5.10 Å². The fourth-order valence-corrected chi connectivity index (χ4v) is 2.17. The molecule has 0 radical (unpaired) electrons. The molecule has 2 aromatic rings. The zero-order valence-corrected chi connectivity index (χ0v) is 12.1. The molecule has 106 valence electrons. The number of carboxylic acids is 1. The molecule has 0 aliphatic carbocycles. The van der Waals surface area contributed by atoms with Crippen LogP contribution in [0.2, 0.25) is 0 Å². The van der Waals surface area contributed by atoms with Crippen LogP contribution in [-0.2, 0) is 6.54 Å². The summed E-state index contributed by atoms with van der Waals surface area (Å²) in [6, 6.07) is 9.88.